The number of aromatic nitrogens is 2. The Bertz CT molecular complexity index is 385. The van der Waals surface area contributed by atoms with E-state index in [1.165, 1.54) is 6.42 Å². The van der Waals surface area contributed by atoms with Gasteiger partial charge in [0.1, 0.15) is 17.6 Å². The number of rotatable bonds is 10. The highest BCUT2D eigenvalue weighted by Gasteiger charge is 2.03. The molecule has 0 aromatic carbocycles. The van der Waals surface area contributed by atoms with E-state index in [-0.39, 0.29) is 0 Å². The predicted molar refractivity (Wildman–Crippen MR) is 83.3 cm³/mol. The third-order valence-electron chi connectivity index (χ3n) is 3.12. The third-order valence-corrected chi connectivity index (χ3v) is 3.31. The second kappa shape index (κ2) is 9.91. The fourth-order valence-corrected chi connectivity index (χ4v) is 2.17. The Morgan fingerprint density at radius 1 is 1.25 bits per heavy atom. The average Bonchev–Trinajstić information content (AvgIpc) is 2.42. The van der Waals surface area contributed by atoms with E-state index < -0.39 is 0 Å². The normalized spacial score (nSPS) is 11.1. The molecule has 1 heterocycles. The molecular formula is C14H25ClN4O. The number of nitrogens with zero attached hydrogens (tertiary/aromatic N) is 3. The van der Waals surface area contributed by atoms with Crippen LogP contribution in [0.1, 0.15) is 32.5 Å². The molecule has 0 fully saturated rings. The summed E-state index contributed by atoms with van der Waals surface area (Å²) in [5.74, 6) is 1.37. The molecule has 1 rings (SSSR count). The van der Waals surface area contributed by atoms with Gasteiger partial charge in [0, 0.05) is 19.7 Å². The highest BCUT2D eigenvalue weighted by Crippen LogP contribution is 2.12. The summed E-state index contributed by atoms with van der Waals surface area (Å²) in [6, 6.07) is 1.74. The van der Waals surface area contributed by atoms with Gasteiger partial charge in [0.05, 0.1) is 0 Å². The first-order valence-corrected chi connectivity index (χ1v) is 7.56. The largest absolute Gasteiger partial charge is 0.377 e. The first-order chi connectivity index (χ1) is 9.69. The Hall–Kier alpha value is -0.910. The van der Waals surface area contributed by atoms with E-state index in [4.69, 9.17) is 16.3 Å². The van der Waals surface area contributed by atoms with Crippen molar-refractivity contribution in [1.29, 1.82) is 0 Å². The van der Waals surface area contributed by atoms with Crippen molar-refractivity contribution in [3.63, 3.8) is 0 Å². The number of nitrogens with one attached hydrogen (secondary N) is 1. The molecule has 1 N–H and O–H groups in total. The summed E-state index contributed by atoms with van der Waals surface area (Å²) < 4.78 is 5.02. The molecule has 114 valence electrons. The monoisotopic (exact) mass is 300 g/mol. The van der Waals surface area contributed by atoms with Crippen molar-refractivity contribution >= 4 is 17.4 Å². The van der Waals surface area contributed by atoms with Crippen molar-refractivity contribution < 1.29 is 4.74 Å². The minimum absolute atomic E-state index is 0.372. The van der Waals surface area contributed by atoms with E-state index in [9.17, 15) is 0 Å². The minimum atomic E-state index is 0.372. The number of unbranched alkanes of at least 4 members (excludes halogenated alkanes) is 1. The highest BCUT2D eigenvalue weighted by molar-refractivity contribution is 6.29. The summed E-state index contributed by atoms with van der Waals surface area (Å²) in [5, 5.41) is 3.73. The van der Waals surface area contributed by atoms with Gasteiger partial charge in [0.25, 0.3) is 0 Å². The summed E-state index contributed by atoms with van der Waals surface area (Å²) in [6.45, 7) is 9.04. The zero-order chi connectivity index (χ0) is 14.8. The molecule has 1 aromatic rings. The molecule has 0 spiro atoms. The second-order valence-corrected chi connectivity index (χ2v) is 4.97. The van der Waals surface area contributed by atoms with E-state index in [0.29, 0.717) is 17.6 Å². The third kappa shape index (κ3) is 6.50. The van der Waals surface area contributed by atoms with Crippen LogP contribution in [0.25, 0.3) is 0 Å². The number of ether oxygens (including phenoxy) is 1. The van der Waals surface area contributed by atoms with Crippen LogP contribution in [-0.4, -0.2) is 48.2 Å². The Balaban J connectivity index is 2.31. The summed E-state index contributed by atoms with van der Waals surface area (Å²) >= 11 is 5.95. The van der Waals surface area contributed by atoms with Gasteiger partial charge in [-0.2, -0.15) is 0 Å². The smallest absolute Gasteiger partial charge is 0.158 e. The maximum Gasteiger partial charge on any atom is 0.158 e. The van der Waals surface area contributed by atoms with Gasteiger partial charge in [-0.25, -0.2) is 9.97 Å². The Morgan fingerprint density at radius 2 is 2.00 bits per heavy atom. The van der Waals surface area contributed by atoms with Crippen LogP contribution in [-0.2, 0) is 11.3 Å². The number of methoxy groups -OCH3 is 1. The first-order valence-electron chi connectivity index (χ1n) is 7.18. The number of halogens is 1. The van der Waals surface area contributed by atoms with Crippen LogP contribution >= 0.6 is 11.6 Å². The van der Waals surface area contributed by atoms with Gasteiger partial charge in [-0.3, -0.25) is 0 Å². The Morgan fingerprint density at radius 3 is 2.65 bits per heavy atom. The van der Waals surface area contributed by atoms with Gasteiger partial charge in [-0.15, -0.1) is 0 Å². The van der Waals surface area contributed by atoms with Crippen LogP contribution in [0, 0.1) is 0 Å². The molecule has 1 aromatic heterocycles. The lowest BCUT2D eigenvalue weighted by atomic mass is 10.3. The zero-order valence-corrected chi connectivity index (χ0v) is 13.4. The summed E-state index contributed by atoms with van der Waals surface area (Å²) in [6.07, 6.45) is 2.29. The first kappa shape index (κ1) is 17.1. The SMILES string of the molecule is CCN(CC)CCCCNc1cc(Cl)nc(COC)n1. The summed E-state index contributed by atoms with van der Waals surface area (Å²) in [7, 11) is 1.62. The standard InChI is InChI=1S/C14H25ClN4O/c1-4-19(5-2)9-7-6-8-16-13-10-12(15)17-14(18-13)11-20-3/h10H,4-9,11H2,1-3H3,(H,16,17,18). The van der Waals surface area contributed by atoms with Crippen molar-refractivity contribution in [2.75, 3.05) is 38.6 Å². The fraction of sp³-hybridized carbons (Fsp3) is 0.714. The summed E-state index contributed by atoms with van der Waals surface area (Å²) in [4.78, 5) is 10.9. The van der Waals surface area contributed by atoms with Crippen molar-refractivity contribution in [1.82, 2.24) is 14.9 Å². The van der Waals surface area contributed by atoms with Crippen molar-refractivity contribution in [3.8, 4) is 0 Å². The van der Waals surface area contributed by atoms with Crippen LogP contribution in [0.4, 0.5) is 5.82 Å². The second-order valence-electron chi connectivity index (χ2n) is 4.59. The van der Waals surface area contributed by atoms with Gasteiger partial charge >= 0.3 is 0 Å². The van der Waals surface area contributed by atoms with Crippen LogP contribution < -0.4 is 5.32 Å². The maximum atomic E-state index is 5.95. The fourth-order valence-electron chi connectivity index (χ4n) is 1.97. The quantitative estimate of drug-likeness (QED) is 0.532. The van der Waals surface area contributed by atoms with Gasteiger partial charge < -0.3 is 15.0 Å². The van der Waals surface area contributed by atoms with Gasteiger partial charge in [0.2, 0.25) is 0 Å². The lowest BCUT2D eigenvalue weighted by Gasteiger charge is -2.17. The Kier molecular flexibility index (Phi) is 8.49. The highest BCUT2D eigenvalue weighted by atomic mass is 35.5. The molecule has 0 amide bonds. The topological polar surface area (TPSA) is 50.3 Å². The molecule has 0 aliphatic rings. The van der Waals surface area contributed by atoms with E-state index in [0.717, 1.165) is 38.4 Å². The number of hydrogen-bond acceptors (Lipinski definition) is 5. The summed E-state index contributed by atoms with van der Waals surface area (Å²) in [5.41, 5.74) is 0. The molecule has 0 unspecified atom stereocenters. The van der Waals surface area contributed by atoms with Crippen molar-refractivity contribution in [3.05, 3.63) is 17.0 Å². The van der Waals surface area contributed by atoms with Gasteiger partial charge in [-0.05, 0) is 32.5 Å². The molecule has 0 atom stereocenters. The molecule has 0 saturated heterocycles. The molecule has 0 radical (unpaired) electrons. The molecule has 0 bridgehead atoms. The van der Waals surface area contributed by atoms with Crippen molar-refractivity contribution in [2.45, 2.75) is 33.3 Å². The minimum Gasteiger partial charge on any atom is -0.377 e. The van der Waals surface area contributed by atoms with Gasteiger partial charge in [-0.1, -0.05) is 25.4 Å². The maximum absolute atomic E-state index is 5.95. The molecule has 0 saturated carbocycles. The van der Waals surface area contributed by atoms with E-state index in [1.807, 2.05) is 0 Å². The van der Waals surface area contributed by atoms with Gasteiger partial charge in [0.15, 0.2) is 5.82 Å². The Labute approximate surface area is 126 Å². The molecule has 5 nitrogen and oxygen atoms in total. The van der Waals surface area contributed by atoms with E-state index in [1.54, 1.807) is 13.2 Å². The average molecular weight is 301 g/mol. The van der Waals surface area contributed by atoms with E-state index in [2.05, 4.69) is 34.0 Å². The number of anilines is 1. The zero-order valence-electron chi connectivity index (χ0n) is 12.7. The van der Waals surface area contributed by atoms with Crippen LogP contribution in [0.3, 0.4) is 0 Å². The molecular weight excluding hydrogens is 276 g/mol. The molecule has 0 aliphatic carbocycles. The number of hydrogen-bond donors (Lipinski definition) is 1. The van der Waals surface area contributed by atoms with E-state index >= 15 is 0 Å². The van der Waals surface area contributed by atoms with Crippen LogP contribution in [0.5, 0.6) is 0 Å². The van der Waals surface area contributed by atoms with Crippen LogP contribution in [0.15, 0.2) is 6.07 Å². The molecule has 6 heteroatoms. The lowest BCUT2D eigenvalue weighted by molar-refractivity contribution is 0.178. The van der Waals surface area contributed by atoms with Crippen LogP contribution in [0.2, 0.25) is 5.15 Å². The lowest BCUT2D eigenvalue weighted by Crippen LogP contribution is -2.24. The predicted octanol–water partition coefficient (Wildman–Crippen LogP) is 2.81. The molecule has 20 heavy (non-hydrogen) atoms. The van der Waals surface area contributed by atoms with Crippen molar-refractivity contribution in [2.24, 2.45) is 0 Å². The molecule has 0 aliphatic heterocycles.